The number of nitrogens with zero attached hydrogens (tertiary/aromatic N) is 1. The van der Waals surface area contributed by atoms with Crippen LogP contribution in [0.3, 0.4) is 0 Å². The molecule has 0 aliphatic heterocycles. The summed E-state index contributed by atoms with van der Waals surface area (Å²) >= 11 is 3.26. The number of ether oxygens (including phenoxy) is 1. The minimum Gasteiger partial charge on any atom is -0.455 e. The van der Waals surface area contributed by atoms with Gasteiger partial charge in [-0.25, -0.2) is 12.8 Å². The molecule has 1 aliphatic rings. The van der Waals surface area contributed by atoms with Crippen molar-refractivity contribution in [2.75, 3.05) is 6.26 Å². The SMILES string of the molecule is CS(=O)(=O)c1ccc(Oc2cncc(Br)c2)c2c1[CH][C@@H](F)[C@H]2O. The highest BCUT2D eigenvalue weighted by Crippen LogP contribution is 2.45. The van der Waals surface area contributed by atoms with Gasteiger partial charge in [0.15, 0.2) is 9.84 Å². The molecular formula is C15H12BrFNO4S. The second-order valence-corrected chi connectivity index (χ2v) is 8.06. The summed E-state index contributed by atoms with van der Waals surface area (Å²) in [5, 5.41) is 10.0. The lowest BCUT2D eigenvalue weighted by Gasteiger charge is -2.15. The Kier molecular flexibility index (Phi) is 4.16. The van der Waals surface area contributed by atoms with Gasteiger partial charge in [-0.1, -0.05) is 0 Å². The van der Waals surface area contributed by atoms with Crippen LogP contribution in [-0.4, -0.2) is 30.9 Å². The molecule has 0 saturated carbocycles. The van der Waals surface area contributed by atoms with Crippen LogP contribution >= 0.6 is 15.9 Å². The Labute approximate surface area is 141 Å². The molecule has 0 bridgehead atoms. The number of halogens is 2. The number of sulfone groups is 1. The molecule has 23 heavy (non-hydrogen) atoms. The summed E-state index contributed by atoms with van der Waals surface area (Å²) in [7, 11) is -3.56. The van der Waals surface area contributed by atoms with Gasteiger partial charge in [0.1, 0.15) is 23.8 Å². The third-order valence-electron chi connectivity index (χ3n) is 3.44. The van der Waals surface area contributed by atoms with E-state index in [9.17, 15) is 17.9 Å². The van der Waals surface area contributed by atoms with E-state index in [2.05, 4.69) is 20.9 Å². The molecule has 1 aromatic heterocycles. The zero-order valence-corrected chi connectivity index (χ0v) is 14.3. The van der Waals surface area contributed by atoms with Crippen LogP contribution < -0.4 is 4.74 Å². The van der Waals surface area contributed by atoms with Gasteiger partial charge in [0.2, 0.25) is 0 Å². The minimum atomic E-state index is -3.56. The number of hydrogen-bond acceptors (Lipinski definition) is 5. The van der Waals surface area contributed by atoms with Crippen molar-refractivity contribution >= 4 is 25.8 Å². The Morgan fingerprint density at radius 1 is 1.35 bits per heavy atom. The number of alkyl halides is 1. The first-order valence-electron chi connectivity index (χ1n) is 6.60. The highest BCUT2D eigenvalue weighted by atomic mass is 79.9. The second-order valence-electron chi connectivity index (χ2n) is 5.16. The van der Waals surface area contributed by atoms with Gasteiger partial charge in [-0.2, -0.15) is 0 Å². The van der Waals surface area contributed by atoms with Gasteiger partial charge in [-0.3, -0.25) is 4.98 Å². The van der Waals surface area contributed by atoms with E-state index in [4.69, 9.17) is 4.74 Å². The Hall–Kier alpha value is -1.51. The van der Waals surface area contributed by atoms with Crippen LogP contribution in [0, 0.1) is 6.42 Å². The molecule has 121 valence electrons. The Morgan fingerprint density at radius 3 is 2.74 bits per heavy atom. The first kappa shape index (κ1) is 16.4. The highest BCUT2D eigenvalue weighted by Gasteiger charge is 2.37. The molecule has 2 aromatic rings. The van der Waals surface area contributed by atoms with Gasteiger partial charge >= 0.3 is 0 Å². The summed E-state index contributed by atoms with van der Waals surface area (Å²) < 4.78 is 43.9. The van der Waals surface area contributed by atoms with Crippen molar-refractivity contribution in [1.29, 1.82) is 0 Å². The largest absolute Gasteiger partial charge is 0.455 e. The summed E-state index contributed by atoms with van der Waals surface area (Å²) in [6, 6.07) is 4.41. The van der Waals surface area contributed by atoms with Crippen molar-refractivity contribution in [2.45, 2.75) is 17.2 Å². The molecule has 0 saturated heterocycles. The third kappa shape index (κ3) is 3.11. The fourth-order valence-corrected chi connectivity index (χ4v) is 3.71. The van der Waals surface area contributed by atoms with Crippen LogP contribution in [0.25, 0.3) is 0 Å². The lowest BCUT2D eigenvalue weighted by Crippen LogP contribution is -2.06. The fraction of sp³-hybridized carbons (Fsp3) is 0.200. The molecule has 0 fully saturated rings. The molecule has 1 radical (unpaired) electrons. The lowest BCUT2D eigenvalue weighted by molar-refractivity contribution is 0.106. The van der Waals surface area contributed by atoms with Crippen molar-refractivity contribution in [3.05, 3.63) is 52.6 Å². The molecule has 1 aromatic carbocycles. The molecule has 1 N–H and O–H groups in total. The van der Waals surface area contributed by atoms with Crippen molar-refractivity contribution < 1.29 is 22.7 Å². The van der Waals surface area contributed by atoms with Crippen LogP contribution in [0.5, 0.6) is 11.5 Å². The molecular weight excluding hydrogens is 389 g/mol. The molecule has 1 heterocycles. The summed E-state index contributed by atoms with van der Waals surface area (Å²) in [6.07, 6.45) is 2.01. The molecule has 5 nitrogen and oxygen atoms in total. The van der Waals surface area contributed by atoms with E-state index in [1.807, 2.05) is 0 Å². The first-order valence-corrected chi connectivity index (χ1v) is 9.28. The summed E-state index contributed by atoms with van der Waals surface area (Å²) in [6.45, 7) is 0. The molecule has 0 spiro atoms. The van der Waals surface area contributed by atoms with Crippen molar-refractivity contribution in [1.82, 2.24) is 4.98 Å². The number of rotatable bonds is 3. The van der Waals surface area contributed by atoms with Crippen LogP contribution in [-0.2, 0) is 9.84 Å². The van der Waals surface area contributed by atoms with Crippen LogP contribution in [0.15, 0.2) is 40.0 Å². The van der Waals surface area contributed by atoms with Gasteiger partial charge in [0.25, 0.3) is 0 Å². The molecule has 3 rings (SSSR count). The predicted molar refractivity (Wildman–Crippen MR) is 84.8 cm³/mol. The lowest BCUT2D eigenvalue weighted by atomic mass is 10.1. The molecule has 0 amide bonds. The predicted octanol–water partition coefficient (Wildman–Crippen LogP) is 2.98. The van der Waals surface area contributed by atoms with E-state index in [1.54, 1.807) is 12.3 Å². The monoisotopic (exact) mass is 400 g/mol. The smallest absolute Gasteiger partial charge is 0.175 e. The molecule has 8 heteroatoms. The standard InChI is InChI=1S/C15H12BrFNO4S/c1-23(20,21)13-3-2-12(14-10(13)5-11(17)15(14)19)22-9-4-8(16)6-18-7-9/h2-7,11,15,19H,1H3/t11-,15-/m1/s1. The van der Waals surface area contributed by atoms with E-state index in [0.29, 0.717) is 10.2 Å². The van der Waals surface area contributed by atoms with Crippen molar-refractivity contribution in [2.24, 2.45) is 0 Å². The number of fused-ring (bicyclic) bond motifs is 1. The van der Waals surface area contributed by atoms with Gasteiger partial charge in [0, 0.05) is 28.9 Å². The van der Waals surface area contributed by atoms with E-state index in [0.717, 1.165) is 12.7 Å². The topological polar surface area (TPSA) is 76.5 Å². The summed E-state index contributed by atoms with van der Waals surface area (Å²) in [4.78, 5) is 3.92. The number of aliphatic hydroxyl groups excluding tert-OH is 1. The van der Waals surface area contributed by atoms with Gasteiger partial charge in [0.05, 0.1) is 11.1 Å². The molecule has 0 unspecified atom stereocenters. The van der Waals surface area contributed by atoms with Crippen molar-refractivity contribution in [3.8, 4) is 11.5 Å². The first-order chi connectivity index (χ1) is 10.8. The van der Waals surface area contributed by atoms with Gasteiger partial charge in [-0.05, 0) is 39.7 Å². The number of aliphatic hydroxyl groups is 1. The van der Waals surface area contributed by atoms with E-state index in [-0.39, 0.29) is 21.8 Å². The van der Waals surface area contributed by atoms with Gasteiger partial charge in [-0.15, -0.1) is 0 Å². The Bertz CT molecular complexity index is 872. The number of benzene rings is 1. The average Bonchev–Trinajstić information content (AvgIpc) is 2.74. The molecule has 2 atom stereocenters. The van der Waals surface area contributed by atoms with Crippen LogP contribution in [0.2, 0.25) is 0 Å². The number of pyridine rings is 1. The maximum atomic E-state index is 13.9. The zero-order valence-electron chi connectivity index (χ0n) is 11.9. The Balaban J connectivity index is 2.11. The number of aromatic nitrogens is 1. The van der Waals surface area contributed by atoms with E-state index in [1.165, 1.54) is 18.3 Å². The van der Waals surface area contributed by atoms with Crippen LogP contribution in [0.1, 0.15) is 17.2 Å². The van der Waals surface area contributed by atoms with E-state index < -0.39 is 22.1 Å². The highest BCUT2D eigenvalue weighted by molar-refractivity contribution is 9.10. The second kappa shape index (κ2) is 5.85. The zero-order chi connectivity index (χ0) is 16.8. The normalized spacial score (nSPS) is 20.3. The molecule has 1 aliphatic carbocycles. The summed E-state index contributed by atoms with van der Waals surface area (Å²) in [5.74, 6) is 0.569. The number of hydrogen-bond donors (Lipinski definition) is 1. The third-order valence-corrected chi connectivity index (χ3v) is 5.03. The quantitative estimate of drug-likeness (QED) is 0.856. The maximum absolute atomic E-state index is 13.9. The maximum Gasteiger partial charge on any atom is 0.175 e. The van der Waals surface area contributed by atoms with Gasteiger partial charge < -0.3 is 9.84 Å². The fourth-order valence-electron chi connectivity index (χ4n) is 2.47. The van der Waals surface area contributed by atoms with E-state index >= 15 is 0 Å². The summed E-state index contributed by atoms with van der Waals surface area (Å²) in [5.41, 5.74) is 0.272. The van der Waals surface area contributed by atoms with Crippen molar-refractivity contribution in [3.63, 3.8) is 0 Å². The van der Waals surface area contributed by atoms with Crippen LogP contribution in [0.4, 0.5) is 4.39 Å². The Morgan fingerprint density at radius 2 is 2.09 bits per heavy atom. The minimum absolute atomic E-state index is 0.0357. The average molecular weight is 401 g/mol.